The molecule has 2 rings (SSSR count). The molecule has 0 amide bonds. The minimum absolute atomic E-state index is 0.291. The fourth-order valence-corrected chi connectivity index (χ4v) is 3.03. The van der Waals surface area contributed by atoms with Gasteiger partial charge in [-0.15, -0.1) is 11.3 Å². The van der Waals surface area contributed by atoms with E-state index in [2.05, 4.69) is 10.3 Å². The number of hydrogen-bond acceptors (Lipinski definition) is 4. The van der Waals surface area contributed by atoms with Crippen LogP contribution in [0.3, 0.4) is 0 Å². The summed E-state index contributed by atoms with van der Waals surface area (Å²) in [6.45, 7) is 3.97. The zero-order valence-corrected chi connectivity index (χ0v) is 9.47. The molecule has 0 saturated carbocycles. The van der Waals surface area contributed by atoms with Gasteiger partial charge in [-0.2, -0.15) is 0 Å². The van der Waals surface area contributed by atoms with Gasteiger partial charge in [0.25, 0.3) is 0 Å². The van der Waals surface area contributed by atoms with Gasteiger partial charge in [-0.25, -0.2) is 4.98 Å². The fraction of sp³-hybridized carbons (Fsp3) is 0.600. The molecule has 0 spiro atoms. The van der Waals surface area contributed by atoms with Crippen molar-refractivity contribution in [1.29, 1.82) is 0 Å². The number of nitrogens with two attached hydrogens (primary N) is 1. The smallest absolute Gasteiger partial charge is 0.0970 e. The minimum atomic E-state index is -1.10. The molecule has 15 heavy (non-hydrogen) atoms. The van der Waals surface area contributed by atoms with Crippen molar-refractivity contribution < 1.29 is 15.2 Å². The zero-order chi connectivity index (χ0) is 10.8. The molecule has 1 aliphatic heterocycles. The van der Waals surface area contributed by atoms with Crippen molar-refractivity contribution in [3.05, 3.63) is 15.6 Å². The Balaban J connectivity index is 2.21. The number of thiazole rings is 1. The number of aryl methyl sites for hydroxylation is 1. The van der Waals surface area contributed by atoms with Crippen LogP contribution in [-0.2, 0) is 0 Å². The normalized spacial score (nSPS) is 17.9. The number of carbonyl (C=O) groups is 1. The summed E-state index contributed by atoms with van der Waals surface area (Å²) in [5.74, 6) is -0.648. The van der Waals surface area contributed by atoms with Crippen LogP contribution in [0.15, 0.2) is 0 Å². The van der Waals surface area contributed by atoms with Crippen LogP contribution < -0.4 is 10.4 Å². The summed E-state index contributed by atoms with van der Waals surface area (Å²) in [6.07, 6.45) is 2.19. The largest absolute Gasteiger partial charge is 0.544 e. The molecule has 1 saturated heterocycles. The summed E-state index contributed by atoms with van der Waals surface area (Å²) in [5, 5.41) is 14.0. The van der Waals surface area contributed by atoms with E-state index in [1.165, 1.54) is 11.3 Å². The maximum absolute atomic E-state index is 10.8. The van der Waals surface area contributed by atoms with E-state index >= 15 is 0 Å². The van der Waals surface area contributed by atoms with E-state index in [4.69, 9.17) is 0 Å². The van der Waals surface area contributed by atoms with E-state index in [-0.39, 0.29) is 0 Å². The first kappa shape index (κ1) is 10.6. The predicted molar refractivity (Wildman–Crippen MR) is 54.8 cm³/mol. The Morgan fingerprint density at radius 2 is 2.20 bits per heavy atom. The maximum atomic E-state index is 10.8. The number of piperidine rings is 1. The van der Waals surface area contributed by atoms with Crippen molar-refractivity contribution >= 4 is 17.3 Å². The Morgan fingerprint density at radius 1 is 1.53 bits per heavy atom. The van der Waals surface area contributed by atoms with Crippen LogP contribution in [0.4, 0.5) is 0 Å². The lowest BCUT2D eigenvalue weighted by Gasteiger charge is -2.17. The highest BCUT2D eigenvalue weighted by Crippen LogP contribution is 2.29. The van der Waals surface area contributed by atoms with Crippen LogP contribution >= 0.6 is 11.3 Å². The van der Waals surface area contributed by atoms with E-state index in [0.717, 1.165) is 30.9 Å². The quantitative estimate of drug-likeness (QED) is 0.722. The van der Waals surface area contributed by atoms with E-state index in [9.17, 15) is 9.90 Å². The molecule has 0 aliphatic carbocycles. The second-order valence-electron chi connectivity index (χ2n) is 3.89. The lowest BCUT2D eigenvalue weighted by molar-refractivity contribution is -0.663. The first-order valence-corrected chi connectivity index (χ1v) is 6.00. The topological polar surface area (TPSA) is 69.6 Å². The third kappa shape index (κ3) is 2.18. The molecule has 2 heterocycles. The second-order valence-corrected chi connectivity index (χ2v) is 4.93. The third-order valence-electron chi connectivity index (χ3n) is 2.79. The Labute approximate surface area is 92.3 Å². The highest BCUT2D eigenvalue weighted by atomic mass is 32.1. The van der Waals surface area contributed by atoms with E-state index < -0.39 is 5.97 Å². The van der Waals surface area contributed by atoms with Crippen molar-refractivity contribution in [3.8, 4) is 0 Å². The average molecular weight is 226 g/mol. The van der Waals surface area contributed by atoms with E-state index in [0.29, 0.717) is 16.5 Å². The fourth-order valence-electron chi connectivity index (χ4n) is 1.95. The number of nitrogens with zero attached hydrogens (tertiary/aromatic N) is 1. The van der Waals surface area contributed by atoms with Crippen LogP contribution in [0.5, 0.6) is 0 Å². The Hall–Kier alpha value is -0.940. The molecule has 82 valence electrons. The molecule has 0 atom stereocenters. The number of carbonyl (C=O) groups excluding carboxylic acids is 1. The van der Waals surface area contributed by atoms with Gasteiger partial charge in [-0.05, 0) is 6.92 Å². The summed E-state index contributed by atoms with van der Waals surface area (Å²) < 4.78 is 0. The van der Waals surface area contributed by atoms with E-state index in [1.54, 1.807) is 6.92 Å². The molecule has 2 N–H and O–H groups in total. The molecular weight excluding hydrogens is 212 g/mol. The van der Waals surface area contributed by atoms with Gasteiger partial charge in [0.2, 0.25) is 0 Å². The van der Waals surface area contributed by atoms with Gasteiger partial charge in [0.15, 0.2) is 0 Å². The highest BCUT2D eigenvalue weighted by Gasteiger charge is 2.21. The first-order valence-electron chi connectivity index (χ1n) is 5.19. The van der Waals surface area contributed by atoms with Gasteiger partial charge in [-0.1, -0.05) is 0 Å². The second kappa shape index (κ2) is 4.28. The van der Waals surface area contributed by atoms with Gasteiger partial charge in [0.1, 0.15) is 0 Å². The van der Waals surface area contributed by atoms with Crippen molar-refractivity contribution in [2.45, 2.75) is 25.7 Å². The minimum Gasteiger partial charge on any atom is -0.544 e. The summed E-state index contributed by atoms with van der Waals surface area (Å²) in [5.41, 5.74) is 0.601. The maximum Gasteiger partial charge on any atom is 0.0970 e. The van der Waals surface area contributed by atoms with Crippen molar-refractivity contribution in [2.75, 3.05) is 13.1 Å². The molecule has 0 unspecified atom stereocenters. The Kier molecular flexibility index (Phi) is 3.02. The predicted octanol–water partition coefficient (Wildman–Crippen LogP) is -0.744. The molecule has 0 radical (unpaired) electrons. The molecule has 0 bridgehead atoms. The van der Waals surface area contributed by atoms with Crippen molar-refractivity contribution in [1.82, 2.24) is 4.98 Å². The van der Waals surface area contributed by atoms with Gasteiger partial charge < -0.3 is 15.2 Å². The summed E-state index contributed by atoms with van der Waals surface area (Å²) >= 11 is 1.29. The van der Waals surface area contributed by atoms with Gasteiger partial charge in [0, 0.05) is 18.8 Å². The number of carboxylic acids is 1. The molecule has 5 heteroatoms. The first-order chi connectivity index (χ1) is 7.18. The summed E-state index contributed by atoms with van der Waals surface area (Å²) in [4.78, 5) is 15.4. The number of rotatable bonds is 2. The van der Waals surface area contributed by atoms with Crippen LogP contribution in [-0.4, -0.2) is 24.0 Å². The van der Waals surface area contributed by atoms with Crippen molar-refractivity contribution in [3.63, 3.8) is 0 Å². The lowest BCUT2D eigenvalue weighted by atomic mass is 9.99. The van der Waals surface area contributed by atoms with Crippen LogP contribution in [0.25, 0.3) is 0 Å². The summed E-state index contributed by atoms with van der Waals surface area (Å²) in [6, 6.07) is 0. The number of carboxylic acid groups (broad SMARTS) is 1. The van der Waals surface area contributed by atoms with Crippen LogP contribution in [0.2, 0.25) is 0 Å². The third-order valence-corrected chi connectivity index (χ3v) is 4.09. The number of hydrogen-bond donors (Lipinski definition) is 1. The monoisotopic (exact) mass is 226 g/mol. The summed E-state index contributed by atoms with van der Waals surface area (Å²) in [7, 11) is 0. The van der Waals surface area contributed by atoms with Crippen LogP contribution in [0, 0.1) is 6.92 Å². The Bertz CT molecular complexity index is 369. The number of aromatic carboxylic acids is 1. The molecule has 4 nitrogen and oxygen atoms in total. The molecule has 1 aromatic rings. The van der Waals surface area contributed by atoms with Gasteiger partial charge >= 0.3 is 0 Å². The molecule has 1 aliphatic rings. The lowest BCUT2D eigenvalue weighted by Crippen LogP contribution is -2.86. The van der Waals surface area contributed by atoms with Crippen LogP contribution in [0.1, 0.15) is 39.1 Å². The molecule has 0 aromatic carbocycles. The zero-order valence-electron chi connectivity index (χ0n) is 8.66. The average Bonchev–Trinajstić information content (AvgIpc) is 2.62. The van der Waals surface area contributed by atoms with Gasteiger partial charge in [0.05, 0.1) is 34.6 Å². The molecular formula is C10H14N2O2S. The number of quaternary nitrogens is 1. The Morgan fingerprint density at radius 3 is 2.73 bits per heavy atom. The highest BCUT2D eigenvalue weighted by molar-refractivity contribution is 7.13. The van der Waals surface area contributed by atoms with Gasteiger partial charge in [-0.3, -0.25) is 0 Å². The molecule has 1 fully saturated rings. The SMILES string of the molecule is Cc1nc(C2CC[NH2+]CC2)sc1C(=O)[O-]. The molecule has 1 aromatic heterocycles. The standard InChI is InChI=1S/C10H14N2O2S/c1-6-8(10(13)14)15-9(12-6)7-2-4-11-5-3-7/h7,11H,2-5H2,1H3,(H,13,14). The van der Waals surface area contributed by atoms with Crippen molar-refractivity contribution in [2.24, 2.45) is 0 Å². The van der Waals surface area contributed by atoms with E-state index in [1.807, 2.05) is 0 Å². The number of aromatic nitrogens is 1.